The van der Waals surface area contributed by atoms with E-state index in [9.17, 15) is 26.4 Å². The van der Waals surface area contributed by atoms with Crippen molar-refractivity contribution in [1.29, 1.82) is 0 Å². The number of ether oxygens (including phenoxy) is 1. The number of carbonyl (C=O) groups excluding carboxylic acids is 1. The summed E-state index contributed by atoms with van der Waals surface area (Å²) in [5.74, 6) is -1.70. The average Bonchev–Trinajstić information content (AvgIpc) is 3.40. The minimum absolute atomic E-state index is 0.000579. The van der Waals surface area contributed by atoms with Gasteiger partial charge in [-0.2, -0.15) is 18.2 Å². The molecule has 2 aliphatic rings. The molecule has 1 saturated heterocycles. The van der Waals surface area contributed by atoms with E-state index in [0.717, 1.165) is 6.20 Å². The third kappa shape index (κ3) is 7.73. The molecular formula is C30H31Cl2F3N6O4S. The lowest BCUT2D eigenvalue weighted by atomic mass is 9.94. The standard InChI is InChI=1S/C30H31Cl2F3N6O4S/c1-3-45-27-23(18-36-28(38-27)30(33,34)35)26-37-24(19-4-8-21(31)9-5-19)25(20-6-10-22(32)11-7-20)41(26)29(42)40-14-12-39(13-15-40)16-17-46(2,43)44/h4-11,18,24-25H,3,12-17H2,1-2H3. The van der Waals surface area contributed by atoms with Gasteiger partial charge in [0.25, 0.3) is 0 Å². The number of rotatable bonds is 8. The summed E-state index contributed by atoms with van der Waals surface area (Å²) in [6, 6.07) is 11.9. The number of urea groups is 1. The second kappa shape index (κ2) is 13.7. The van der Waals surface area contributed by atoms with E-state index in [4.69, 9.17) is 32.9 Å². The van der Waals surface area contributed by atoms with E-state index in [1.54, 1.807) is 60.4 Å². The zero-order valence-electron chi connectivity index (χ0n) is 24.9. The molecule has 3 aromatic rings. The first-order valence-electron chi connectivity index (χ1n) is 14.4. The van der Waals surface area contributed by atoms with Crippen molar-refractivity contribution in [3.63, 3.8) is 0 Å². The molecule has 0 bridgehead atoms. The van der Waals surface area contributed by atoms with Gasteiger partial charge in [0, 0.05) is 55.2 Å². The molecular weight excluding hydrogens is 668 g/mol. The van der Waals surface area contributed by atoms with Gasteiger partial charge in [-0.25, -0.2) is 18.2 Å². The number of amides is 2. The van der Waals surface area contributed by atoms with Gasteiger partial charge in [0.1, 0.15) is 21.7 Å². The second-order valence-electron chi connectivity index (χ2n) is 10.9. The normalized spacial score (nSPS) is 19.3. The molecule has 2 aromatic carbocycles. The number of benzene rings is 2. The molecule has 0 aliphatic carbocycles. The van der Waals surface area contributed by atoms with E-state index < -0.39 is 40.0 Å². The molecule has 1 fully saturated rings. The first-order valence-corrected chi connectivity index (χ1v) is 17.2. The summed E-state index contributed by atoms with van der Waals surface area (Å²) in [6.07, 6.45) is -2.67. The molecule has 0 saturated carbocycles. The quantitative estimate of drug-likeness (QED) is 0.305. The van der Waals surface area contributed by atoms with E-state index in [0.29, 0.717) is 40.8 Å². The van der Waals surface area contributed by atoms with Gasteiger partial charge in [-0.15, -0.1) is 0 Å². The largest absolute Gasteiger partial charge is 0.477 e. The third-order valence-corrected chi connectivity index (χ3v) is 9.07. The Bertz CT molecular complexity index is 1700. The molecule has 0 radical (unpaired) electrons. The number of hydrogen-bond donors (Lipinski definition) is 0. The number of alkyl halides is 3. The number of piperazine rings is 1. The van der Waals surface area contributed by atoms with Crippen molar-refractivity contribution in [2.45, 2.75) is 25.2 Å². The van der Waals surface area contributed by atoms with Crippen molar-refractivity contribution in [1.82, 2.24) is 24.7 Å². The van der Waals surface area contributed by atoms with Gasteiger partial charge in [-0.3, -0.25) is 14.8 Å². The number of aliphatic imine (C=N–C) groups is 1. The predicted octanol–water partition coefficient (Wildman–Crippen LogP) is 5.53. The molecule has 2 atom stereocenters. The summed E-state index contributed by atoms with van der Waals surface area (Å²) >= 11 is 12.4. The summed E-state index contributed by atoms with van der Waals surface area (Å²) in [4.78, 5) is 31.8. The number of carbonyl (C=O) groups is 1. The van der Waals surface area contributed by atoms with Gasteiger partial charge in [0.05, 0.1) is 24.0 Å². The van der Waals surface area contributed by atoms with Crippen molar-refractivity contribution in [2.75, 3.05) is 51.3 Å². The van der Waals surface area contributed by atoms with Crippen LogP contribution in [-0.2, 0) is 16.0 Å². The van der Waals surface area contributed by atoms with Crippen LogP contribution in [0.15, 0.2) is 59.7 Å². The van der Waals surface area contributed by atoms with Gasteiger partial charge in [-0.1, -0.05) is 47.5 Å². The lowest BCUT2D eigenvalue weighted by molar-refractivity contribution is -0.145. The topological polar surface area (TPSA) is 108 Å². The Kier molecular flexibility index (Phi) is 10.1. The van der Waals surface area contributed by atoms with Crippen molar-refractivity contribution in [2.24, 2.45) is 4.99 Å². The van der Waals surface area contributed by atoms with Crippen LogP contribution in [0.5, 0.6) is 5.88 Å². The maximum atomic E-state index is 14.5. The predicted molar refractivity (Wildman–Crippen MR) is 168 cm³/mol. The SMILES string of the molecule is CCOc1nc(C(F)(F)F)ncc1C1=NC(c2ccc(Cl)cc2)C(c2ccc(Cl)cc2)N1C(=O)N1CCN(CCS(C)(=O)=O)CC1. The lowest BCUT2D eigenvalue weighted by Gasteiger charge is -2.39. The van der Waals surface area contributed by atoms with E-state index in [1.807, 2.05) is 4.90 Å². The van der Waals surface area contributed by atoms with Crippen LogP contribution in [0.4, 0.5) is 18.0 Å². The van der Waals surface area contributed by atoms with Crippen LogP contribution in [0.1, 0.15) is 41.5 Å². The van der Waals surface area contributed by atoms with Gasteiger partial charge >= 0.3 is 12.2 Å². The molecule has 46 heavy (non-hydrogen) atoms. The number of sulfone groups is 1. The zero-order valence-corrected chi connectivity index (χ0v) is 27.2. The number of hydrogen-bond acceptors (Lipinski definition) is 8. The van der Waals surface area contributed by atoms with Crippen LogP contribution in [0.2, 0.25) is 10.0 Å². The van der Waals surface area contributed by atoms with Crippen molar-refractivity contribution < 1.29 is 31.1 Å². The van der Waals surface area contributed by atoms with Gasteiger partial charge in [0.15, 0.2) is 0 Å². The van der Waals surface area contributed by atoms with Crippen LogP contribution in [0.3, 0.4) is 0 Å². The molecule has 0 N–H and O–H groups in total. The Hall–Kier alpha value is -3.46. The van der Waals surface area contributed by atoms with E-state index in [1.165, 1.54) is 11.2 Å². The molecule has 2 aliphatic heterocycles. The second-order valence-corrected chi connectivity index (χ2v) is 14.0. The van der Waals surface area contributed by atoms with Crippen molar-refractivity contribution in [3.05, 3.63) is 87.3 Å². The molecule has 3 heterocycles. The number of aromatic nitrogens is 2. The molecule has 0 spiro atoms. The Labute approximate surface area is 274 Å². The highest BCUT2D eigenvalue weighted by Gasteiger charge is 2.46. The Morgan fingerprint density at radius 3 is 2.11 bits per heavy atom. The summed E-state index contributed by atoms with van der Waals surface area (Å²) < 4.78 is 69.8. The Morgan fingerprint density at radius 2 is 1.57 bits per heavy atom. The van der Waals surface area contributed by atoms with E-state index in [2.05, 4.69) is 9.97 Å². The molecule has 246 valence electrons. The zero-order chi connectivity index (χ0) is 33.2. The Morgan fingerprint density at radius 1 is 0.978 bits per heavy atom. The maximum absolute atomic E-state index is 14.5. The highest BCUT2D eigenvalue weighted by molar-refractivity contribution is 7.90. The van der Waals surface area contributed by atoms with E-state index in [-0.39, 0.29) is 42.7 Å². The fraction of sp³-hybridized carbons (Fsp3) is 0.400. The molecule has 5 rings (SSSR count). The molecule has 10 nitrogen and oxygen atoms in total. The monoisotopic (exact) mass is 698 g/mol. The average molecular weight is 700 g/mol. The number of halogens is 5. The van der Waals surface area contributed by atoms with Crippen LogP contribution < -0.4 is 4.74 Å². The van der Waals surface area contributed by atoms with E-state index >= 15 is 0 Å². The van der Waals surface area contributed by atoms with Crippen molar-refractivity contribution >= 4 is 44.9 Å². The fourth-order valence-electron chi connectivity index (χ4n) is 5.37. The molecule has 2 amide bonds. The van der Waals surface area contributed by atoms with Crippen LogP contribution in [0.25, 0.3) is 0 Å². The summed E-state index contributed by atoms with van der Waals surface area (Å²) in [5.41, 5.74) is 1.40. The molecule has 1 aromatic heterocycles. The van der Waals surface area contributed by atoms with Crippen LogP contribution >= 0.6 is 23.2 Å². The van der Waals surface area contributed by atoms with Gasteiger partial charge in [-0.05, 0) is 42.3 Å². The van der Waals surface area contributed by atoms with Crippen molar-refractivity contribution in [3.8, 4) is 5.88 Å². The maximum Gasteiger partial charge on any atom is 0.451 e. The third-order valence-electron chi connectivity index (χ3n) is 7.65. The van der Waals surface area contributed by atoms with Gasteiger partial charge < -0.3 is 9.64 Å². The number of amidine groups is 1. The minimum atomic E-state index is -4.83. The van der Waals surface area contributed by atoms with Crippen LogP contribution in [0, 0.1) is 0 Å². The first-order chi connectivity index (χ1) is 21.7. The molecule has 2 unspecified atom stereocenters. The number of nitrogens with zero attached hydrogens (tertiary/aromatic N) is 6. The fourth-order valence-corrected chi connectivity index (χ4v) is 6.21. The highest BCUT2D eigenvalue weighted by Crippen LogP contribution is 2.45. The lowest BCUT2D eigenvalue weighted by Crippen LogP contribution is -2.54. The minimum Gasteiger partial charge on any atom is -0.477 e. The first kappa shape index (κ1) is 33.9. The summed E-state index contributed by atoms with van der Waals surface area (Å²) in [6.45, 7) is 3.38. The van der Waals surface area contributed by atoms with Crippen LogP contribution in [-0.4, -0.2) is 96.3 Å². The summed E-state index contributed by atoms with van der Waals surface area (Å²) in [5, 5.41) is 0.967. The summed E-state index contributed by atoms with van der Waals surface area (Å²) in [7, 11) is -3.16. The van der Waals surface area contributed by atoms with Gasteiger partial charge in [0.2, 0.25) is 11.7 Å². The Balaban J connectivity index is 1.60. The smallest absolute Gasteiger partial charge is 0.451 e. The molecule has 16 heteroatoms. The highest BCUT2D eigenvalue weighted by atomic mass is 35.5.